The summed E-state index contributed by atoms with van der Waals surface area (Å²) in [5, 5.41) is 0. The number of likely N-dealkylation sites (tertiary alicyclic amines) is 1. The minimum absolute atomic E-state index is 0.122. The molecular formula is C15H24N2O. The van der Waals surface area contributed by atoms with Crippen molar-refractivity contribution >= 4 is 0 Å². The van der Waals surface area contributed by atoms with E-state index in [0.717, 1.165) is 17.7 Å². The van der Waals surface area contributed by atoms with Gasteiger partial charge in [0.1, 0.15) is 5.76 Å². The van der Waals surface area contributed by atoms with Crippen LogP contribution in [0.5, 0.6) is 0 Å². The first-order chi connectivity index (χ1) is 8.77. The van der Waals surface area contributed by atoms with E-state index in [1.165, 1.54) is 38.6 Å². The van der Waals surface area contributed by atoms with Crippen LogP contribution in [0.2, 0.25) is 0 Å². The molecule has 2 aliphatic rings. The van der Waals surface area contributed by atoms with Crippen molar-refractivity contribution in [2.45, 2.75) is 57.2 Å². The van der Waals surface area contributed by atoms with Gasteiger partial charge in [-0.1, -0.05) is 12.8 Å². The normalized spacial score (nSPS) is 32.1. The molecule has 0 radical (unpaired) electrons. The van der Waals surface area contributed by atoms with Crippen LogP contribution in [-0.2, 0) is 0 Å². The van der Waals surface area contributed by atoms with Crippen molar-refractivity contribution in [3.63, 3.8) is 0 Å². The van der Waals surface area contributed by atoms with E-state index in [9.17, 15) is 0 Å². The Bertz CT molecular complexity index is 374. The van der Waals surface area contributed by atoms with Gasteiger partial charge in [0.2, 0.25) is 0 Å². The fourth-order valence-electron chi connectivity index (χ4n) is 3.97. The molecule has 0 bridgehead atoms. The first-order valence-electron chi connectivity index (χ1n) is 7.32. The summed E-state index contributed by atoms with van der Waals surface area (Å²) < 4.78 is 5.63. The number of fused-ring (bicyclic) bond motifs is 1. The standard InChI is InChI=1S/C15H24N2O/c1-11(16)15(14-7-4-10-18-14)17-9-8-12-5-2-3-6-13(12)17/h4,7,10-13,15H,2-3,5-6,8-9,16H2,1H3. The average molecular weight is 248 g/mol. The number of hydrogen-bond donors (Lipinski definition) is 1. The number of nitrogens with zero attached hydrogens (tertiary/aromatic N) is 1. The van der Waals surface area contributed by atoms with E-state index < -0.39 is 0 Å². The van der Waals surface area contributed by atoms with Gasteiger partial charge in [-0.25, -0.2) is 0 Å². The van der Waals surface area contributed by atoms with E-state index in [4.69, 9.17) is 10.2 Å². The van der Waals surface area contributed by atoms with E-state index in [1.54, 1.807) is 6.26 Å². The lowest BCUT2D eigenvalue weighted by Gasteiger charge is -2.37. The molecule has 18 heavy (non-hydrogen) atoms. The van der Waals surface area contributed by atoms with E-state index in [0.29, 0.717) is 0 Å². The summed E-state index contributed by atoms with van der Waals surface area (Å²) in [5.41, 5.74) is 6.23. The van der Waals surface area contributed by atoms with Crippen molar-refractivity contribution in [3.05, 3.63) is 24.2 Å². The third-order valence-corrected chi connectivity index (χ3v) is 4.74. The van der Waals surface area contributed by atoms with Gasteiger partial charge < -0.3 is 10.2 Å². The Morgan fingerprint density at radius 2 is 2.17 bits per heavy atom. The molecule has 1 aliphatic carbocycles. The van der Waals surface area contributed by atoms with Gasteiger partial charge in [0.25, 0.3) is 0 Å². The summed E-state index contributed by atoms with van der Waals surface area (Å²) in [6, 6.07) is 5.16. The topological polar surface area (TPSA) is 42.4 Å². The van der Waals surface area contributed by atoms with Crippen LogP contribution in [0.25, 0.3) is 0 Å². The van der Waals surface area contributed by atoms with E-state index >= 15 is 0 Å². The predicted octanol–water partition coefficient (Wildman–Crippen LogP) is 2.93. The van der Waals surface area contributed by atoms with Crippen LogP contribution in [0.1, 0.15) is 50.8 Å². The SMILES string of the molecule is CC(N)C(c1ccco1)N1CCC2CCCCC21. The average Bonchev–Trinajstić information content (AvgIpc) is 3.00. The molecule has 2 fully saturated rings. The molecule has 0 amide bonds. The maximum atomic E-state index is 6.23. The Kier molecular flexibility index (Phi) is 3.44. The summed E-state index contributed by atoms with van der Waals surface area (Å²) in [4.78, 5) is 2.62. The van der Waals surface area contributed by atoms with Gasteiger partial charge in [0.15, 0.2) is 0 Å². The Balaban J connectivity index is 1.83. The first-order valence-corrected chi connectivity index (χ1v) is 7.32. The van der Waals surface area contributed by atoms with Crippen LogP contribution < -0.4 is 5.73 Å². The maximum absolute atomic E-state index is 6.23. The van der Waals surface area contributed by atoms with Gasteiger partial charge in [-0.3, -0.25) is 4.90 Å². The molecule has 0 aromatic carbocycles. The molecule has 2 heterocycles. The minimum Gasteiger partial charge on any atom is -0.468 e. The van der Waals surface area contributed by atoms with Gasteiger partial charge in [-0.15, -0.1) is 0 Å². The lowest BCUT2D eigenvalue weighted by atomic mass is 9.84. The number of rotatable bonds is 3. The van der Waals surface area contributed by atoms with Gasteiger partial charge in [-0.05, 0) is 50.8 Å². The second kappa shape index (κ2) is 5.06. The van der Waals surface area contributed by atoms with Gasteiger partial charge in [0, 0.05) is 12.1 Å². The molecule has 100 valence electrons. The first kappa shape index (κ1) is 12.2. The van der Waals surface area contributed by atoms with E-state index in [-0.39, 0.29) is 12.1 Å². The quantitative estimate of drug-likeness (QED) is 0.894. The van der Waals surface area contributed by atoms with E-state index in [1.807, 2.05) is 6.07 Å². The fraction of sp³-hybridized carbons (Fsp3) is 0.733. The van der Waals surface area contributed by atoms with Crippen molar-refractivity contribution in [2.75, 3.05) is 6.54 Å². The third-order valence-electron chi connectivity index (χ3n) is 4.74. The number of furan rings is 1. The molecule has 1 saturated carbocycles. The van der Waals surface area contributed by atoms with Crippen LogP contribution in [-0.4, -0.2) is 23.5 Å². The predicted molar refractivity (Wildman–Crippen MR) is 72.2 cm³/mol. The summed E-state index contributed by atoms with van der Waals surface area (Å²) in [6.07, 6.45) is 8.65. The Labute approximate surface area is 109 Å². The Morgan fingerprint density at radius 1 is 1.33 bits per heavy atom. The third kappa shape index (κ3) is 2.10. The Morgan fingerprint density at radius 3 is 2.89 bits per heavy atom. The highest BCUT2D eigenvalue weighted by Gasteiger charge is 2.41. The van der Waals surface area contributed by atoms with Crippen molar-refractivity contribution < 1.29 is 4.42 Å². The second-order valence-corrected chi connectivity index (χ2v) is 5.96. The van der Waals surface area contributed by atoms with Crippen LogP contribution in [0.15, 0.2) is 22.8 Å². The molecule has 3 heteroatoms. The minimum atomic E-state index is 0.122. The second-order valence-electron chi connectivity index (χ2n) is 5.96. The van der Waals surface area contributed by atoms with Crippen molar-refractivity contribution in [1.82, 2.24) is 4.90 Å². The lowest BCUT2D eigenvalue weighted by molar-refractivity contribution is 0.105. The van der Waals surface area contributed by atoms with Gasteiger partial charge >= 0.3 is 0 Å². The smallest absolute Gasteiger partial charge is 0.122 e. The van der Waals surface area contributed by atoms with Crippen molar-refractivity contribution in [2.24, 2.45) is 11.7 Å². The highest BCUT2D eigenvalue weighted by atomic mass is 16.3. The van der Waals surface area contributed by atoms with Crippen molar-refractivity contribution in [1.29, 1.82) is 0 Å². The molecule has 1 aliphatic heterocycles. The largest absolute Gasteiger partial charge is 0.468 e. The van der Waals surface area contributed by atoms with Crippen molar-refractivity contribution in [3.8, 4) is 0 Å². The van der Waals surface area contributed by atoms with Gasteiger partial charge in [0.05, 0.1) is 12.3 Å². The molecule has 3 nitrogen and oxygen atoms in total. The molecule has 1 saturated heterocycles. The van der Waals surface area contributed by atoms with E-state index in [2.05, 4.69) is 17.9 Å². The zero-order chi connectivity index (χ0) is 12.5. The zero-order valence-electron chi connectivity index (χ0n) is 11.2. The molecular weight excluding hydrogens is 224 g/mol. The molecule has 1 aromatic heterocycles. The number of nitrogens with two attached hydrogens (primary N) is 1. The fourth-order valence-corrected chi connectivity index (χ4v) is 3.97. The van der Waals surface area contributed by atoms with Crippen LogP contribution >= 0.6 is 0 Å². The molecule has 2 N–H and O–H groups in total. The molecule has 4 unspecified atom stereocenters. The Hall–Kier alpha value is -0.800. The van der Waals surface area contributed by atoms with Crippen LogP contribution in [0, 0.1) is 5.92 Å². The van der Waals surface area contributed by atoms with Gasteiger partial charge in [-0.2, -0.15) is 0 Å². The highest BCUT2D eigenvalue weighted by Crippen LogP contribution is 2.41. The summed E-state index contributed by atoms with van der Waals surface area (Å²) in [6.45, 7) is 3.28. The number of hydrogen-bond acceptors (Lipinski definition) is 3. The molecule has 0 spiro atoms. The summed E-state index contributed by atoms with van der Waals surface area (Å²) in [7, 11) is 0. The molecule has 1 aromatic rings. The summed E-state index contributed by atoms with van der Waals surface area (Å²) >= 11 is 0. The molecule has 4 atom stereocenters. The zero-order valence-corrected chi connectivity index (χ0v) is 11.2. The summed E-state index contributed by atoms with van der Waals surface area (Å²) in [5.74, 6) is 1.94. The highest BCUT2D eigenvalue weighted by molar-refractivity contribution is 5.10. The molecule has 3 rings (SSSR count). The van der Waals surface area contributed by atoms with Crippen LogP contribution in [0.4, 0.5) is 0 Å². The van der Waals surface area contributed by atoms with Crippen LogP contribution in [0.3, 0.4) is 0 Å². The maximum Gasteiger partial charge on any atom is 0.122 e. The monoisotopic (exact) mass is 248 g/mol. The lowest BCUT2D eigenvalue weighted by Crippen LogP contribution is -2.44.